The van der Waals surface area contributed by atoms with Gasteiger partial charge in [-0.25, -0.2) is 9.78 Å². The summed E-state index contributed by atoms with van der Waals surface area (Å²) in [5.41, 5.74) is 8.48. The smallest absolute Gasteiger partial charge is 0.292 e. The van der Waals surface area contributed by atoms with Gasteiger partial charge in [0.1, 0.15) is 5.75 Å². The average molecular weight is 500 g/mol. The number of H-pyrrole nitrogens is 1. The largest absolute Gasteiger partial charge is 0.496 e. The summed E-state index contributed by atoms with van der Waals surface area (Å²) >= 11 is 0. The first kappa shape index (κ1) is 23.8. The maximum absolute atomic E-state index is 12.8. The molecule has 1 aliphatic rings. The van der Waals surface area contributed by atoms with E-state index in [1.807, 2.05) is 0 Å². The van der Waals surface area contributed by atoms with E-state index in [0.29, 0.717) is 39.3 Å². The van der Waals surface area contributed by atoms with Gasteiger partial charge in [-0.3, -0.25) is 14.4 Å². The van der Waals surface area contributed by atoms with E-state index in [4.69, 9.17) is 10.5 Å². The third kappa shape index (κ3) is 4.42. The number of nitrogens with two attached hydrogens (primary N) is 1. The number of nitrogen functional groups attached to an aromatic ring is 1. The summed E-state index contributed by atoms with van der Waals surface area (Å²) in [6.07, 6.45) is 4.22. The summed E-state index contributed by atoms with van der Waals surface area (Å²) in [4.78, 5) is 37.1. The van der Waals surface area contributed by atoms with Crippen LogP contribution in [0.25, 0.3) is 27.8 Å². The van der Waals surface area contributed by atoms with Crippen LogP contribution in [-0.4, -0.2) is 44.9 Å². The molecule has 0 unspecified atom stereocenters. The highest BCUT2D eigenvalue weighted by molar-refractivity contribution is 6.02. The number of hydrogen-bond donors (Lipinski definition) is 4. The van der Waals surface area contributed by atoms with Crippen LogP contribution in [0.15, 0.2) is 59.9 Å². The number of carbonyl (C=O) groups excluding carboxylic acids is 2. The SMILES string of the molecule is C=CC(=O)Nc1ccc(-n2nc3c(=O)[nH]nc(N)c3c2-c2ccc(C(=O)NC3CCC3)c(OC)c2)cc1. The van der Waals surface area contributed by atoms with Gasteiger partial charge in [-0.2, -0.15) is 10.2 Å². The summed E-state index contributed by atoms with van der Waals surface area (Å²) in [5, 5.41) is 16.9. The lowest BCUT2D eigenvalue weighted by Gasteiger charge is -2.26. The summed E-state index contributed by atoms with van der Waals surface area (Å²) in [5.74, 6) is -0.0796. The molecule has 11 nitrogen and oxygen atoms in total. The molecule has 5 rings (SSSR count). The Balaban J connectivity index is 1.63. The predicted molar refractivity (Wildman–Crippen MR) is 140 cm³/mol. The Morgan fingerprint density at radius 1 is 1.22 bits per heavy atom. The second-order valence-corrected chi connectivity index (χ2v) is 8.68. The van der Waals surface area contributed by atoms with Gasteiger partial charge in [-0.1, -0.05) is 12.6 Å². The van der Waals surface area contributed by atoms with Crippen molar-refractivity contribution < 1.29 is 14.3 Å². The van der Waals surface area contributed by atoms with E-state index in [9.17, 15) is 14.4 Å². The number of aromatic nitrogens is 4. The van der Waals surface area contributed by atoms with Crippen LogP contribution >= 0.6 is 0 Å². The molecule has 0 atom stereocenters. The van der Waals surface area contributed by atoms with E-state index in [1.165, 1.54) is 13.2 Å². The second-order valence-electron chi connectivity index (χ2n) is 8.68. The lowest BCUT2D eigenvalue weighted by atomic mass is 9.93. The molecule has 11 heteroatoms. The van der Waals surface area contributed by atoms with E-state index >= 15 is 0 Å². The molecule has 2 aromatic heterocycles. The number of nitrogens with zero attached hydrogens (tertiary/aromatic N) is 3. The van der Waals surface area contributed by atoms with Crippen molar-refractivity contribution >= 4 is 34.2 Å². The fourth-order valence-corrected chi connectivity index (χ4v) is 4.21. The summed E-state index contributed by atoms with van der Waals surface area (Å²) in [6, 6.07) is 12.2. The molecule has 188 valence electrons. The van der Waals surface area contributed by atoms with Crippen LogP contribution in [0.5, 0.6) is 5.75 Å². The average Bonchev–Trinajstić information content (AvgIpc) is 3.30. The fourth-order valence-electron chi connectivity index (χ4n) is 4.21. The Kier molecular flexibility index (Phi) is 6.18. The number of anilines is 2. The molecule has 2 aromatic carbocycles. The zero-order chi connectivity index (χ0) is 26.1. The molecule has 0 aliphatic heterocycles. The number of methoxy groups -OCH3 is 1. The molecule has 0 bridgehead atoms. The summed E-state index contributed by atoms with van der Waals surface area (Å²) in [6.45, 7) is 3.45. The molecule has 1 fully saturated rings. The van der Waals surface area contributed by atoms with Gasteiger partial charge in [0.05, 0.1) is 29.4 Å². The van der Waals surface area contributed by atoms with Crippen molar-refractivity contribution in [1.29, 1.82) is 0 Å². The van der Waals surface area contributed by atoms with Crippen molar-refractivity contribution in [2.45, 2.75) is 25.3 Å². The number of benzene rings is 2. The van der Waals surface area contributed by atoms with Crippen molar-refractivity contribution in [3.63, 3.8) is 0 Å². The zero-order valence-corrected chi connectivity index (χ0v) is 20.1. The molecular weight excluding hydrogens is 474 g/mol. The number of amides is 2. The number of hydrogen-bond acceptors (Lipinski definition) is 7. The van der Waals surface area contributed by atoms with E-state index < -0.39 is 5.56 Å². The third-order valence-corrected chi connectivity index (χ3v) is 6.36. The lowest BCUT2D eigenvalue weighted by Crippen LogP contribution is -2.39. The first-order chi connectivity index (χ1) is 17.9. The monoisotopic (exact) mass is 499 g/mol. The van der Waals surface area contributed by atoms with Crippen molar-refractivity contribution in [2.24, 2.45) is 0 Å². The predicted octanol–water partition coefficient (Wildman–Crippen LogP) is 2.77. The molecule has 0 saturated heterocycles. The van der Waals surface area contributed by atoms with Gasteiger partial charge in [-0.05, 0) is 61.7 Å². The first-order valence-corrected chi connectivity index (χ1v) is 11.7. The van der Waals surface area contributed by atoms with Gasteiger partial charge in [0, 0.05) is 17.3 Å². The van der Waals surface area contributed by atoms with Crippen molar-refractivity contribution in [3.8, 4) is 22.7 Å². The fraction of sp³-hybridized carbons (Fsp3) is 0.192. The number of aromatic amines is 1. The Bertz CT molecular complexity index is 1580. The minimum atomic E-state index is -0.498. The number of fused-ring (bicyclic) bond motifs is 1. The van der Waals surface area contributed by atoms with E-state index in [2.05, 4.69) is 32.5 Å². The molecule has 4 aromatic rings. The molecule has 5 N–H and O–H groups in total. The van der Waals surface area contributed by atoms with Crippen LogP contribution in [0, 0.1) is 0 Å². The maximum atomic E-state index is 12.8. The van der Waals surface area contributed by atoms with Crippen LogP contribution < -0.4 is 26.7 Å². The van der Waals surface area contributed by atoms with Gasteiger partial charge < -0.3 is 21.1 Å². The lowest BCUT2D eigenvalue weighted by molar-refractivity contribution is -0.111. The molecule has 1 aliphatic carbocycles. The van der Waals surface area contributed by atoms with Gasteiger partial charge in [0.25, 0.3) is 11.5 Å². The van der Waals surface area contributed by atoms with Gasteiger partial charge >= 0.3 is 0 Å². The third-order valence-electron chi connectivity index (χ3n) is 6.36. The maximum Gasteiger partial charge on any atom is 0.292 e. The summed E-state index contributed by atoms with van der Waals surface area (Å²) < 4.78 is 7.13. The van der Waals surface area contributed by atoms with Gasteiger partial charge in [0.15, 0.2) is 11.3 Å². The Morgan fingerprint density at radius 3 is 2.62 bits per heavy atom. The molecular formula is C26H25N7O4. The highest BCUT2D eigenvalue weighted by Crippen LogP contribution is 2.35. The minimum Gasteiger partial charge on any atom is -0.496 e. The van der Waals surface area contributed by atoms with E-state index in [-0.39, 0.29) is 29.2 Å². The quantitative estimate of drug-likeness (QED) is 0.285. The van der Waals surface area contributed by atoms with Gasteiger partial charge in [0.2, 0.25) is 5.91 Å². The van der Waals surface area contributed by atoms with Crippen LogP contribution in [-0.2, 0) is 4.79 Å². The Labute approximate surface area is 211 Å². The Hall–Kier alpha value is -4.93. The van der Waals surface area contributed by atoms with Crippen LogP contribution in [0.2, 0.25) is 0 Å². The summed E-state index contributed by atoms with van der Waals surface area (Å²) in [7, 11) is 1.49. The molecule has 2 amide bonds. The number of carbonyl (C=O) groups is 2. The normalized spacial score (nSPS) is 13.1. The standard InChI is InChI=1S/C26H25N7O4/c1-3-20(34)28-16-8-10-17(11-9-16)33-23(21-22(32-33)26(36)31-30-24(21)27)14-7-12-18(19(13-14)37-2)25(35)29-15-5-4-6-15/h3,7-13,15H,1,4-6H2,2H3,(H2,27,30)(H,28,34)(H,29,35)(H,31,36). The molecule has 0 radical (unpaired) electrons. The Morgan fingerprint density at radius 2 is 1.97 bits per heavy atom. The number of ether oxygens (including phenoxy) is 1. The van der Waals surface area contributed by atoms with Crippen LogP contribution in [0.4, 0.5) is 11.5 Å². The minimum absolute atomic E-state index is 0.0940. The van der Waals surface area contributed by atoms with Crippen LogP contribution in [0.3, 0.4) is 0 Å². The van der Waals surface area contributed by atoms with Crippen molar-refractivity contribution in [3.05, 3.63) is 71.0 Å². The molecule has 37 heavy (non-hydrogen) atoms. The van der Waals surface area contributed by atoms with Crippen molar-refractivity contribution in [1.82, 2.24) is 25.3 Å². The highest BCUT2D eigenvalue weighted by Gasteiger charge is 2.24. The molecule has 0 spiro atoms. The zero-order valence-electron chi connectivity index (χ0n) is 20.1. The van der Waals surface area contributed by atoms with E-state index in [0.717, 1.165) is 19.3 Å². The van der Waals surface area contributed by atoms with Crippen molar-refractivity contribution in [2.75, 3.05) is 18.2 Å². The highest BCUT2D eigenvalue weighted by atomic mass is 16.5. The van der Waals surface area contributed by atoms with Crippen LogP contribution in [0.1, 0.15) is 29.6 Å². The van der Waals surface area contributed by atoms with Gasteiger partial charge in [-0.15, -0.1) is 0 Å². The first-order valence-electron chi connectivity index (χ1n) is 11.7. The number of rotatable bonds is 7. The topological polar surface area (TPSA) is 157 Å². The molecule has 2 heterocycles. The second kappa shape index (κ2) is 9.61. The number of nitrogens with one attached hydrogen (secondary N) is 3. The molecule has 1 saturated carbocycles. The van der Waals surface area contributed by atoms with E-state index in [1.54, 1.807) is 47.1 Å².